The van der Waals surface area contributed by atoms with Crippen LogP contribution >= 0.6 is 0 Å². The molecule has 0 fully saturated rings. The van der Waals surface area contributed by atoms with E-state index in [1.807, 2.05) is 32.0 Å². The molecule has 3 aromatic rings. The number of carbonyl (C=O) groups is 2. The van der Waals surface area contributed by atoms with E-state index < -0.39 is 11.7 Å². The Hall–Kier alpha value is -3.55. The Labute approximate surface area is 167 Å². The zero-order valence-electron chi connectivity index (χ0n) is 16.7. The van der Waals surface area contributed by atoms with Crippen LogP contribution in [0.25, 0.3) is 0 Å². The third kappa shape index (κ3) is 4.66. The van der Waals surface area contributed by atoms with E-state index in [9.17, 15) is 14.0 Å². The van der Waals surface area contributed by atoms with Gasteiger partial charge in [0.15, 0.2) is 5.69 Å². The monoisotopic (exact) mass is 395 g/mol. The lowest BCUT2D eigenvalue weighted by molar-refractivity contribution is -0.117. The number of nitrogens with zero attached hydrogens (tertiary/aromatic N) is 3. The van der Waals surface area contributed by atoms with Crippen molar-refractivity contribution in [1.82, 2.24) is 15.0 Å². The highest BCUT2D eigenvalue weighted by atomic mass is 19.1. The Balaban J connectivity index is 1.70. The van der Waals surface area contributed by atoms with Gasteiger partial charge in [0.05, 0.1) is 5.69 Å². The second-order valence-electron chi connectivity index (χ2n) is 6.96. The van der Waals surface area contributed by atoms with Crippen molar-refractivity contribution in [3.05, 3.63) is 70.3 Å². The van der Waals surface area contributed by atoms with Crippen LogP contribution in [0.5, 0.6) is 0 Å². The van der Waals surface area contributed by atoms with E-state index >= 15 is 0 Å². The molecule has 0 bridgehead atoms. The number of hydrogen-bond donors (Lipinski definition) is 2. The topological polar surface area (TPSA) is 88.9 Å². The number of benzene rings is 2. The second-order valence-corrected chi connectivity index (χ2v) is 6.96. The highest BCUT2D eigenvalue weighted by Gasteiger charge is 2.19. The molecule has 1 aromatic heterocycles. The Morgan fingerprint density at radius 3 is 2.45 bits per heavy atom. The molecule has 0 saturated carbocycles. The maximum absolute atomic E-state index is 13.4. The number of aryl methyl sites for hydroxylation is 3. The van der Waals surface area contributed by atoms with Crippen molar-refractivity contribution >= 4 is 23.2 Å². The van der Waals surface area contributed by atoms with Crippen molar-refractivity contribution in [2.45, 2.75) is 34.2 Å². The molecular weight excluding hydrogens is 373 g/mol. The maximum Gasteiger partial charge on any atom is 0.278 e. The minimum Gasteiger partial charge on any atom is -0.324 e. The molecule has 0 aliphatic rings. The third-order valence-corrected chi connectivity index (χ3v) is 4.59. The summed E-state index contributed by atoms with van der Waals surface area (Å²) in [6.07, 6.45) is 0. The minimum absolute atomic E-state index is 0.0768. The zero-order valence-corrected chi connectivity index (χ0v) is 16.7. The Kier molecular flexibility index (Phi) is 5.72. The summed E-state index contributed by atoms with van der Waals surface area (Å²) < 4.78 is 14.8. The third-order valence-electron chi connectivity index (χ3n) is 4.59. The van der Waals surface area contributed by atoms with E-state index in [2.05, 4.69) is 20.9 Å². The van der Waals surface area contributed by atoms with Gasteiger partial charge in [0.2, 0.25) is 5.91 Å². The van der Waals surface area contributed by atoms with E-state index in [1.54, 1.807) is 19.9 Å². The summed E-state index contributed by atoms with van der Waals surface area (Å²) in [6.45, 7) is 7.22. The fraction of sp³-hybridized carbons (Fsp3) is 0.238. The van der Waals surface area contributed by atoms with Crippen LogP contribution in [0, 0.1) is 33.5 Å². The van der Waals surface area contributed by atoms with E-state index in [-0.39, 0.29) is 18.1 Å². The molecule has 0 radical (unpaired) electrons. The summed E-state index contributed by atoms with van der Waals surface area (Å²) in [6, 6.07) is 9.88. The van der Waals surface area contributed by atoms with Gasteiger partial charge in [-0.05, 0) is 57.0 Å². The SMILES string of the molecule is Cc1ccc(NC(=O)Cn2nnc(C(=O)Nc3cc(F)ccc3C)c2C)c(C)c1. The number of carbonyl (C=O) groups excluding carboxylic acids is 2. The fourth-order valence-electron chi connectivity index (χ4n) is 2.91. The molecule has 0 aliphatic heterocycles. The van der Waals surface area contributed by atoms with Gasteiger partial charge in [0, 0.05) is 11.4 Å². The number of anilines is 2. The molecule has 2 aromatic carbocycles. The fourth-order valence-corrected chi connectivity index (χ4v) is 2.91. The molecule has 1 heterocycles. The van der Waals surface area contributed by atoms with Crippen molar-refractivity contribution in [1.29, 1.82) is 0 Å². The molecule has 7 nitrogen and oxygen atoms in total. The molecule has 29 heavy (non-hydrogen) atoms. The number of nitrogens with one attached hydrogen (secondary N) is 2. The van der Waals surface area contributed by atoms with Crippen LogP contribution in [-0.2, 0) is 11.3 Å². The number of rotatable bonds is 5. The molecular formula is C21H22FN5O2. The maximum atomic E-state index is 13.4. The first-order valence-electron chi connectivity index (χ1n) is 9.09. The normalized spacial score (nSPS) is 10.7. The van der Waals surface area contributed by atoms with Gasteiger partial charge >= 0.3 is 0 Å². The van der Waals surface area contributed by atoms with Gasteiger partial charge in [0.1, 0.15) is 12.4 Å². The molecule has 2 amide bonds. The molecule has 0 saturated heterocycles. The van der Waals surface area contributed by atoms with Gasteiger partial charge in [-0.3, -0.25) is 9.59 Å². The van der Waals surface area contributed by atoms with Gasteiger partial charge in [0.25, 0.3) is 5.91 Å². The van der Waals surface area contributed by atoms with Gasteiger partial charge < -0.3 is 10.6 Å². The molecule has 8 heteroatoms. The van der Waals surface area contributed by atoms with Crippen molar-refractivity contribution in [2.24, 2.45) is 0 Å². The highest BCUT2D eigenvalue weighted by molar-refractivity contribution is 6.04. The summed E-state index contributed by atoms with van der Waals surface area (Å²) in [5.41, 5.74) is 4.38. The Morgan fingerprint density at radius 1 is 0.966 bits per heavy atom. The number of hydrogen-bond acceptors (Lipinski definition) is 4. The van der Waals surface area contributed by atoms with Crippen LogP contribution in [0.2, 0.25) is 0 Å². The van der Waals surface area contributed by atoms with Crippen molar-refractivity contribution in [3.63, 3.8) is 0 Å². The van der Waals surface area contributed by atoms with E-state index in [0.29, 0.717) is 11.4 Å². The van der Waals surface area contributed by atoms with Crippen LogP contribution in [0.4, 0.5) is 15.8 Å². The van der Waals surface area contributed by atoms with E-state index in [4.69, 9.17) is 0 Å². The van der Waals surface area contributed by atoms with Crippen LogP contribution in [0.1, 0.15) is 32.9 Å². The molecule has 2 N–H and O–H groups in total. The summed E-state index contributed by atoms with van der Waals surface area (Å²) in [5.74, 6) is -1.25. The number of amides is 2. The first-order chi connectivity index (χ1) is 13.7. The first-order valence-corrected chi connectivity index (χ1v) is 9.09. The predicted octanol–water partition coefficient (Wildman–Crippen LogP) is 3.54. The standard InChI is InChI=1S/C21H22FN5O2/c1-12-5-8-17(14(3)9-12)23-19(28)11-27-15(4)20(25-26-27)21(29)24-18-10-16(22)7-6-13(18)2/h5-10H,11H2,1-4H3,(H,23,28)(H,24,29). The number of halogens is 1. The van der Waals surface area contributed by atoms with Gasteiger partial charge in [-0.15, -0.1) is 5.10 Å². The zero-order chi connectivity index (χ0) is 21.1. The summed E-state index contributed by atoms with van der Waals surface area (Å²) in [4.78, 5) is 24.9. The lowest BCUT2D eigenvalue weighted by Gasteiger charge is -2.10. The summed E-state index contributed by atoms with van der Waals surface area (Å²) >= 11 is 0. The molecule has 0 aliphatic carbocycles. The van der Waals surface area contributed by atoms with Crippen molar-refractivity contribution < 1.29 is 14.0 Å². The first kappa shape index (κ1) is 20.2. The molecule has 150 valence electrons. The average Bonchev–Trinajstić information content (AvgIpc) is 3.01. The lowest BCUT2D eigenvalue weighted by atomic mass is 10.1. The molecule has 0 atom stereocenters. The number of aromatic nitrogens is 3. The van der Waals surface area contributed by atoms with Crippen molar-refractivity contribution in [2.75, 3.05) is 10.6 Å². The molecule has 3 rings (SSSR count). The van der Waals surface area contributed by atoms with Gasteiger partial charge in [-0.2, -0.15) is 0 Å². The Morgan fingerprint density at radius 2 is 1.72 bits per heavy atom. The average molecular weight is 395 g/mol. The summed E-state index contributed by atoms with van der Waals surface area (Å²) in [5, 5.41) is 13.3. The van der Waals surface area contributed by atoms with Crippen LogP contribution in [-0.4, -0.2) is 26.8 Å². The van der Waals surface area contributed by atoms with Crippen molar-refractivity contribution in [3.8, 4) is 0 Å². The molecule has 0 unspecified atom stereocenters. The van der Waals surface area contributed by atoms with E-state index in [1.165, 1.54) is 16.8 Å². The van der Waals surface area contributed by atoms with Crippen LogP contribution in [0.3, 0.4) is 0 Å². The second kappa shape index (κ2) is 8.22. The smallest absolute Gasteiger partial charge is 0.278 e. The highest BCUT2D eigenvalue weighted by Crippen LogP contribution is 2.18. The summed E-state index contributed by atoms with van der Waals surface area (Å²) in [7, 11) is 0. The quantitative estimate of drug-likeness (QED) is 0.692. The minimum atomic E-state index is -0.516. The lowest BCUT2D eigenvalue weighted by Crippen LogP contribution is -2.21. The van der Waals surface area contributed by atoms with Crippen LogP contribution < -0.4 is 10.6 Å². The Bertz CT molecular complexity index is 1090. The predicted molar refractivity (Wildman–Crippen MR) is 108 cm³/mol. The van der Waals surface area contributed by atoms with Gasteiger partial charge in [-0.25, -0.2) is 9.07 Å². The molecule has 0 spiro atoms. The van der Waals surface area contributed by atoms with Crippen LogP contribution in [0.15, 0.2) is 36.4 Å². The van der Waals surface area contributed by atoms with E-state index in [0.717, 1.165) is 22.4 Å². The van der Waals surface area contributed by atoms with Gasteiger partial charge in [-0.1, -0.05) is 29.0 Å². The largest absolute Gasteiger partial charge is 0.324 e.